The summed E-state index contributed by atoms with van der Waals surface area (Å²) in [5.74, 6) is -0.635. The van der Waals surface area contributed by atoms with E-state index in [2.05, 4.69) is 0 Å². The molecule has 7 nitrogen and oxygen atoms in total. The van der Waals surface area contributed by atoms with Gasteiger partial charge in [0.15, 0.2) is 11.6 Å². The minimum atomic E-state index is -4.99. The highest BCUT2D eigenvalue weighted by Gasteiger charge is 2.38. The van der Waals surface area contributed by atoms with Crippen LogP contribution in [-0.2, 0) is 16.0 Å². The average molecular weight is 638 g/mol. The molecule has 0 aromatic heterocycles. The van der Waals surface area contributed by atoms with Gasteiger partial charge in [0.05, 0.1) is 0 Å². The molecule has 0 spiro atoms. The van der Waals surface area contributed by atoms with Gasteiger partial charge in [0.2, 0.25) is 0 Å². The highest BCUT2D eigenvalue weighted by atomic mass is 19.4. The molecule has 5 rings (SSSR count). The summed E-state index contributed by atoms with van der Waals surface area (Å²) < 4.78 is 48.8. The number of ketones is 3. The minimum absolute atomic E-state index is 0.0396. The Balaban J connectivity index is 1.16. The van der Waals surface area contributed by atoms with E-state index < -0.39 is 12.1 Å². The van der Waals surface area contributed by atoms with E-state index in [1.54, 1.807) is 90.2 Å². The third-order valence-electron chi connectivity index (χ3n) is 6.86. The fraction of sp³-hybridized carbons (Fsp3) is 0.0811. The molecular formula is C37H26F3NO6. The highest BCUT2D eigenvalue weighted by molar-refractivity contribution is 6.11. The Hall–Kier alpha value is -6.03. The Labute approximate surface area is 267 Å². The van der Waals surface area contributed by atoms with Crippen molar-refractivity contribution in [2.24, 2.45) is 0 Å². The Morgan fingerprint density at radius 1 is 0.532 bits per heavy atom. The zero-order valence-corrected chi connectivity index (χ0v) is 24.8. The monoisotopic (exact) mass is 637 g/mol. The minimum Gasteiger partial charge on any atom is -0.457 e. The molecule has 236 valence electrons. The van der Waals surface area contributed by atoms with Gasteiger partial charge in [-0.2, -0.15) is 13.2 Å². The second-order valence-electron chi connectivity index (χ2n) is 10.5. The molecule has 5 aromatic carbocycles. The topological polar surface area (TPSA) is 98.8 Å². The van der Waals surface area contributed by atoms with E-state index in [0.29, 0.717) is 51.7 Å². The molecule has 0 aliphatic carbocycles. The number of Topliss-reactive ketones (excluding diaryl/α,β-unsaturated/α-hetero) is 1. The molecule has 0 aliphatic rings. The smallest absolute Gasteiger partial charge is 0.457 e. The van der Waals surface area contributed by atoms with Gasteiger partial charge in [0, 0.05) is 34.4 Å². The lowest BCUT2D eigenvalue weighted by atomic mass is 9.98. The number of ether oxygens (including phenoxy) is 2. The third-order valence-corrected chi connectivity index (χ3v) is 6.86. The molecule has 0 radical (unpaired) electrons. The average Bonchev–Trinajstić information content (AvgIpc) is 3.06. The largest absolute Gasteiger partial charge is 0.471 e. The Morgan fingerprint density at radius 3 is 1.19 bits per heavy atom. The molecule has 1 amide bonds. The zero-order valence-electron chi connectivity index (χ0n) is 24.8. The lowest BCUT2D eigenvalue weighted by Crippen LogP contribution is -2.29. The normalized spacial score (nSPS) is 11.0. The molecule has 0 bridgehead atoms. The van der Waals surface area contributed by atoms with Crippen LogP contribution in [0, 0.1) is 0 Å². The van der Waals surface area contributed by atoms with Crippen molar-refractivity contribution in [3.8, 4) is 23.0 Å². The molecule has 10 heteroatoms. The quantitative estimate of drug-likeness (QED) is 0.146. The van der Waals surface area contributed by atoms with Crippen LogP contribution >= 0.6 is 0 Å². The van der Waals surface area contributed by atoms with Crippen molar-refractivity contribution < 1.29 is 41.8 Å². The first-order valence-corrected chi connectivity index (χ1v) is 14.3. The van der Waals surface area contributed by atoms with E-state index in [-0.39, 0.29) is 23.0 Å². The van der Waals surface area contributed by atoms with Crippen LogP contribution < -0.4 is 14.8 Å². The number of rotatable bonds is 11. The molecule has 0 fully saturated rings. The zero-order chi connectivity index (χ0) is 33.6. The van der Waals surface area contributed by atoms with Crippen LogP contribution in [0.15, 0.2) is 121 Å². The number of hydrogen-bond acceptors (Lipinski definition) is 6. The van der Waals surface area contributed by atoms with Crippen molar-refractivity contribution in [3.05, 3.63) is 149 Å². The van der Waals surface area contributed by atoms with Gasteiger partial charge in [-0.25, -0.2) is 0 Å². The van der Waals surface area contributed by atoms with Crippen molar-refractivity contribution in [2.45, 2.75) is 19.5 Å². The molecule has 1 N–H and O–H groups in total. The lowest BCUT2D eigenvalue weighted by molar-refractivity contribution is -0.167. The van der Waals surface area contributed by atoms with Crippen LogP contribution in [0.4, 0.5) is 18.9 Å². The second kappa shape index (κ2) is 13.9. The van der Waals surface area contributed by atoms with E-state index in [1.165, 1.54) is 31.2 Å². The first kappa shape index (κ1) is 32.4. The third kappa shape index (κ3) is 8.58. The summed E-state index contributed by atoms with van der Waals surface area (Å²) in [7, 11) is 0. The summed E-state index contributed by atoms with van der Waals surface area (Å²) in [6.45, 7) is 1.54. The van der Waals surface area contributed by atoms with E-state index in [4.69, 9.17) is 9.47 Å². The molecule has 5 aromatic rings. The number of carbonyl (C=O) groups excluding carboxylic acids is 4. The fourth-order valence-corrected chi connectivity index (χ4v) is 4.50. The van der Waals surface area contributed by atoms with Crippen molar-refractivity contribution in [3.63, 3.8) is 0 Å². The van der Waals surface area contributed by atoms with Crippen LogP contribution in [0.3, 0.4) is 0 Å². The van der Waals surface area contributed by atoms with Crippen molar-refractivity contribution in [1.82, 2.24) is 0 Å². The first-order chi connectivity index (χ1) is 22.4. The highest BCUT2D eigenvalue weighted by Crippen LogP contribution is 2.26. The number of carbonyl (C=O) groups is 4. The van der Waals surface area contributed by atoms with Gasteiger partial charge in [-0.3, -0.25) is 19.2 Å². The predicted molar refractivity (Wildman–Crippen MR) is 168 cm³/mol. The van der Waals surface area contributed by atoms with Gasteiger partial charge in [-0.15, -0.1) is 0 Å². The van der Waals surface area contributed by atoms with Crippen LogP contribution in [0.25, 0.3) is 0 Å². The number of benzene rings is 5. The SMILES string of the molecule is CC(=O)Cc1ccc(Oc2ccc(C(=O)c3ccc(C(=O)c4ccc(Oc5ccc(NC(=O)C(F)(F)F)cc5)cc4)cc3)cc2)cc1. The van der Waals surface area contributed by atoms with Gasteiger partial charge < -0.3 is 14.8 Å². The standard InChI is InChI=1S/C37H26F3NO6/c1-23(42)22-24-2-14-30(15-3-24)46-31-16-8-27(9-17-31)34(43)25-4-6-26(7-5-25)35(44)28-10-18-32(19-11-28)47-33-20-12-29(13-21-33)41-36(45)37(38,39)40/h2-21H,22H2,1H3,(H,41,45). The maximum Gasteiger partial charge on any atom is 0.471 e. The van der Waals surface area contributed by atoms with Crippen molar-refractivity contribution >= 4 is 28.9 Å². The molecular weight excluding hydrogens is 611 g/mol. The van der Waals surface area contributed by atoms with E-state index in [0.717, 1.165) is 5.56 Å². The van der Waals surface area contributed by atoms with Gasteiger partial charge in [-0.05, 0) is 97.4 Å². The van der Waals surface area contributed by atoms with Crippen LogP contribution in [0.1, 0.15) is 44.3 Å². The predicted octanol–water partition coefficient (Wildman–Crippen LogP) is 8.37. The summed E-state index contributed by atoms with van der Waals surface area (Å²) in [6, 6.07) is 31.9. The first-order valence-electron chi connectivity index (χ1n) is 14.3. The summed E-state index contributed by atoms with van der Waals surface area (Å²) in [5, 5.41) is 1.75. The Kier molecular flexibility index (Phi) is 9.60. The number of halogens is 3. The maximum absolute atomic E-state index is 13.1. The Morgan fingerprint density at radius 2 is 0.851 bits per heavy atom. The molecule has 0 saturated carbocycles. The summed E-state index contributed by atoms with van der Waals surface area (Å²) >= 11 is 0. The summed E-state index contributed by atoms with van der Waals surface area (Å²) in [5.41, 5.74) is 2.47. The van der Waals surface area contributed by atoms with Crippen LogP contribution in [-0.4, -0.2) is 29.4 Å². The van der Waals surface area contributed by atoms with Gasteiger partial charge in [0.25, 0.3) is 0 Å². The van der Waals surface area contributed by atoms with Crippen LogP contribution in [0.2, 0.25) is 0 Å². The van der Waals surface area contributed by atoms with E-state index >= 15 is 0 Å². The van der Waals surface area contributed by atoms with Gasteiger partial charge in [-0.1, -0.05) is 36.4 Å². The number of alkyl halides is 3. The van der Waals surface area contributed by atoms with Gasteiger partial charge >= 0.3 is 12.1 Å². The number of nitrogens with one attached hydrogen (secondary N) is 1. The Bertz CT molecular complexity index is 1900. The summed E-state index contributed by atoms with van der Waals surface area (Å²) in [6.07, 6.45) is -4.63. The second-order valence-corrected chi connectivity index (χ2v) is 10.5. The van der Waals surface area contributed by atoms with E-state index in [9.17, 15) is 32.3 Å². The van der Waals surface area contributed by atoms with Crippen molar-refractivity contribution in [2.75, 3.05) is 5.32 Å². The number of amides is 1. The molecule has 47 heavy (non-hydrogen) atoms. The maximum atomic E-state index is 13.1. The molecule has 0 unspecified atom stereocenters. The fourth-order valence-electron chi connectivity index (χ4n) is 4.50. The number of anilines is 1. The van der Waals surface area contributed by atoms with Crippen LogP contribution in [0.5, 0.6) is 23.0 Å². The molecule has 0 heterocycles. The van der Waals surface area contributed by atoms with Gasteiger partial charge in [0.1, 0.15) is 28.8 Å². The molecule has 0 aliphatic heterocycles. The summed E-state index contributed by atoms with van der Waals surface area (Å²) in [4.78, 5) is 48.5. The molecule has 0 saturated heterocycles. The number of hydrogen-bond donors (Lipinski definition) is 1. The lowest BCUT2D eigenvalue weighted by Gasteiger charge is -2.10. The van der Waals surface area contributed by atoms with Crippen molar-refractivity contribution in [1.29, 1.82) is 0 Å². The van der Waals surface area contributed by atoms with E-state index in [1.807, 2.05) is 12.1 Å². The molecule has 0 atom stereocenters.